The van der Waals surface area contributed by atoms with Crippen molar-refractivity contribution in [3.8, 4) is 5.69 Å². The van der Waals surface area contributed by atoms with Crippen LogP contribution in [-0.4, -0.2) is 21.2 Å². The minimum atomic E-state index is -0.597. The number of hydrogen-bond donors (Lipinski definition) is 2. The summed E-state index contributed by atoms with van der Waals surface area (Å²) in [5, 5.41) is 5.43. The molecule has 0 fully saturated rings. The van der Waals surface area contributed by atoms with Gasteiger partial charge in [0.15, 0.2) is 0 Å². The van der Waals surface area contributed by atoms with Crippen LogP contribution in [0, 0.1) is 13.8 Å². The Labute approximate surface area is 203 Å². The van der Waals surface area contributed by atoms with Crippen LogP contribution in [0.15, 0.2) is 95.4 Å². The van der Waals surface area contributed by atoms with Crippen LogP contribution < -0.4 is 16.2 Å². The van der Waals surface area contributed by atoms with Gasteiger partial charge in [0.1, 0.15) is 11.4 Å². The Morgan fingerprint density at radius 3 is 2.06 bits per heavy atom. The van der Waals surface area contributed by atoms with Crippen LogP contribution in [0.1, 0.15) is 27.2 Å². The van der Waals surface area contributed by atoms with Crippen molar-refractivity contribution in [3.63, 3.8) is 0 Å². The average Bonchev–Trinajstić information content (AvgIpc) is 3.08. The second kappa shape index (κ2) is 10.1. The van der Waals surface area contributed by atoms with Crippen LogP contribution in [0.25, 0.3) is 11.8 Å². The van der Waals surface area contributed by atoms with E-state index in [2.05, 4.69) is 10.6 Å². The van der Waals surface area contributed by atoms with Crippen LogP contribution in [0.4, 0.5) is 5.69 Å². The monoisotopic (exact) mass is 466 g/mol. The first-order valence-corrected chi connectivity index (χ1v) is 11.2. The molecule has 7 heteroatoms. The van der Waals surface area contributed by atoms with Crippen molar-refractivity contribution in [1.29, 1.82) is 0 Å². The van der Waals surface area contributed by atoms with E-state index in [0.717, 1.165) is 11.1 Å². The van der Waals surface area contributed by atoms with E-state index < -0.39 is 11.8 Å². The van der Waals surface area contributed by atoms with Gasteiger partial charge in [0.2, 0.25) is 0 Å². The van der Waals surface area contributed by atoms with Gasteiger partial charge in [-0.25, -0.2) is 4.68 Å². The molecule has 0 unspecified atom stereocenters. The highest BCUT2D eigenvalue weighted by atomic mass is 16.2. The number of aromatic nitrogens is 2. The fourth-order valence-corrected chi connectivity index (χ4v) is 3.67. The second-order valence-electron chi connectivity index (χ2n) is 8.18. The fraction of sp³-hybridized carbons (Fsp3) is 0.107. The van der Waals surface area contributed by atoms with E-state index >= 15 is 0 Å². The topological polar surface area (TPSA) is 85.1 Å². The molecule has 0 saturated heterocycles. The maximum absolute atomic E-state index is 13.3. The standard InChI is InChI=1S/C28H26N4O3/c1-19-14-16-22(17-15-19)26(33)29-24(18-21-10-6-4-7-11-21)27(34)30-25-20(2)31(3)32(28(25)35)23-12-8-5-9-13-23/h4-18H,1-3H3,(H,29,33)(H,30,34). The van der Waals surface area contributed by atoms with E-state index in [0.29, 0.717) is 16.9 Å². The molecule has 0 radical (unpaired) electrons. The Kier molecular flexibility index (Phi) is 6.78. The lowest BCUT2D eigenvalue weighted by atomic mass is 10.1. The molecule has 0 aliphatic rings. The largest absolute Gasteiger partial charge is 0.317 e. The molecule has 7 nitrogen and oxygen atoms in total. The Morgan fingerprint density at radius 1 is 0.829 bits per heavy atom. The normalized spacial score (nSPS) is 11.2. The van der Waals surface area contributed by atoms with Crippen molar-refractivity contribution in [2.75, 3.05) is 5.32 Å². The third kappa shape index (κ3) is 5.14. The molecule has 0 spiro atoms. The zero-order valence-corrected chi connectivity index (χ0v) is 19.8. The molecule has 35 heavy (non-hydrogen) atoms. The van der Waals surface area contributed by atoms with Crippen molar-refractivity contribution in [2.45, 2.75) is 13.8 Å². The Balaban J connectivity index is 1.68. The summed E-state index contributed by atoms with van der Waals surface area (Å²) >= 11 is 0. The fourth-order valence-electron chi connectivity index (χ4n) is 3.67. The molecule has 176 valence electrons. The lowest BCUT2D eigenvalue weighted by Gasteiger charge is -2.11. The molecule has 2 N–H and O–H groups in total. The summed E-state index contributed by atoms with van der Waals surface area (Å²) in [6, 6.07) is 25.4. The molecular weight excluding hydrogens is 440 g/mol. The Morgan fingerprint density at radius 2 is 1.43 bits per heavy atom. The first kappa shape index (κ1) is 23.5. The minimum Gasteiger partial charge on any atom is -0.317 e. The van der Waals surface area contributed by atoms with Gasteiger partial charge in [-0.1, -0.05) is 66.2 Å². The van der Waals surface area contributed by atoms with Crippen molar-refractivity contribution >= 4 is 23.6 Å². The molecule has 0 bridgehead atoms. The second-order valence-corrected chi connectivity index (χ2v) is 8.18. The van der Waals surface area contributed by atoms with E-state index in [-0.39, 0.29) is 16.9 Å². The first-order chi connectivity index (χ1) is 16.8. The molecule has 0 aliphatic carbocycles. The molecule has 1 heterocycles. The number of carbonyl (C=O) groups is 2. The smallest absolute Gasteiger partial charge is 0.295 e. The van der Waals surface area contributed by atoms with Gasteiger partial charge in [0, 0.05) is 12.6 Å². The molecule has 1 aromatic heterocycles. The highest BCUT2D eigenvalue weighted by Gasteiger charge is 2.21. The molecule has 0 aliphatic heterocycles. The van der Waals surface area contributed by atoms with Crippen LogP contribution in [-0.2, 0) is 11.8 Å². The maximum Gasteiger partial charge on any atom is 0.295 e. The summed E-state index contributed by atoms with van der Waals surface area (Å²) < 4.78 is 3.16. The van der Waals surface area contributed by atoms with Gasteiger partial charge < -0.3 is 10.6 Å². The van der Waals surface area contributed by atoms with Gasteiger partial charge >= 0.3 is 0 Å². The molecule has 0 atom stereocenters. The molecule has 4 aromatic rings. The molecular formula is C28H26N4O3. The van der Waals surface area contributed by atoms with Gasteiger partial charge in [-0.05, 0) is 49.8 Å². The maximum atomic E-state index is 13.3. The summed E-state index contributed by atoms with van der Waals surface area (Å²) in [6.07, 6.45) is 1.58. The SMILES string of the molecule is Cc1ccc(C(=O)NC(=Cc2ccccc2)C(=O)Nc2c(C)n(C)n(-c3ccccc3)c2=O)cc1. The van der Waals surface area contributed by atoms with Crippen LogP contribution in [0.5, 0.6) is 0 Å². The summed E-state index contributed by atoms with van der Waals surface area (Å²) in [6.45, 7) is 3.68. The highest BCUT2D eigenvalue weighted by molar-refractivity contribution is 6.10. The Hall–Kier alpha value is -4.65. The zero-order valence-electron chi connectivity index (χ0n) is 19.8. The summed E-state index contributed by atoms with van der Waals surface area (Å²) in [7, 11) is 1.75. The number of para-hydroxylation sites is 1. The number of nitrogens with zero attached hydrogens (tertiary/aromatic N) is 2. The predicted octanol–water partition coefficient (Wildman–Crippen LogP) is 4.20. The van der Waals surface area contributed by atoms with Gasteiger partial charge in [0.25, 0.3) is 17.4 Å². The van der Waals surface area contributed by atoms with E-state index in [9.17, 15) is 14.4 Å². The number of nitrogens with one attached hydrogen (secondary N) is 2. The number of aryl methyl sites for hydroxylation is 1. The number of anilines is 1. The summed E-state index contributed by atoms with van der Waals surface area (Å²) in [5.74, 6) is -1.02. The van der Waals surface area contributed by atoms with Gasteiger partial charge in [-0.15, -0.1) is 0 Å². The summed E-state index contributed by atoms with van der Waals surface area (Å²) in [5.41, 5.74) is 3.23. The van der Waals surface area contributed by atoms with Crippen LogP contribution >= 0.6 is 0 Å². The number of rotatable bonds is 6. The third-order valence-electron chi connectivity index (χ3n) is 5.71. The van der Waals surface area contributed by atoms with Crippen LogP contribution in [0.2, 0.25) is 0 Å². The lowest BCUT2D eigenvalue weighted by molar-refractivity contribution is -0.113. The molecule has 4 rings (SSSR count). The number of amides is 2. The zero-order chi connectivity index (χ0) is 24.9. The van der Waals surface area contributed by atoms with E-state index in [1.165, 1.54) is 4.68 Å². The number of hydrogen-bond acceptors (Lipinski definition) is 3. The van der Waals surface area contributed by atoms with Gasteiger partial charge in [0.05, 0.1) is 11.4 Å². The summed E-state index contributed by atoms with van der Waals surface area (Å²) in [4.78, 5) is 39.5. The van der Waals surface area contributed by atoms with Gasteiger partial charge in [-0.3, -0.25) is 19.1 Å². The van der Waals surface area contributed by atoms with Crippen molar-refractivity contribution in [1.82, 2.24) is 14.7 Å². The number of benzene rings is 3. The van der Waals surface area contributed by atoms with Crippen molar-refractivity contribution in [2.24, 2.45) is 7.05 Å². The quantitative estimate of drug-likeness (QED) is 0.418. The lowest BCUT2D eigenvalue weighted by Crippen LogP contribution is -2.32. The first-order valence-electron chi connectivity index (χ1n) is 11.2. The van der Waals surface area contributed by atoms with Crippen molar-refractivity contribution in [3.05, 3.63) is 123 Å². The van der Waals surface area contributed by atoms with E-state index in [4.69, 9.17) is 0 Å². The highest BCUT2D eigenvalue weighted by Crippen LogP contribution is 2.16. The third-order valence-corrected chi connectivity index (χ3v) is 5.71. The number of carbonyl (C=O) groups excluding carboxylic acids is 2. The van der Waals surface area contributed by atoms with E-state index in [1.54, 1.807) is 36.9 Å². The molecule has 2 amide bonds. The van der Waals surface area contributed by atoms with Gasteiger partial charge in [-0.2, -0.15) is 0 Å². The molecule has 0 saturated carbocycles. The van der Waals surface area contributed by atoms with Crippen molar-refractivity contribution < 1.29 is 9.59 Å². The predicted molar refractivity (Wildman–Crippen MR) is 137 cm³/mol. The Bertz CT molecular complexity index is 1450. The molecule has 3 aromatic carbocycles. The van der Waals surface area contributed by atoms with Crippen LogP contribution in [0.3, 0.4) is 0 Å². The average molecular weight is 467 g/mol. The van der Waals surface area contributed by atoms with E-state index in [1.807, 2.05) is 79.7 Å². The minimum absolute atomic E-state index is 0.0238.